The van der Waals surface area contributed by atoms with Gasteiger partial charge in [0.25, 0.3) is 6.29 Å². The summed E-state index contributed by atoms with van der Waals surface area (Å²) in [5, 5.41) is 0.557. The Bertz CT molecular complexity index is 1460. The van der Waals surface area contributed by atoms with E-state index >= 15 is 4.79 Å². The van der Waals surface area contributed by atoms with Gasteiger partial charge in [-0.1, -0.05) is 75.2 Å². The van der Waals surface area contributed by atoms with Crippen LogP contribution in [0, 0.1) is 45.8 Å². The molecule has 2 heterocycles. The van der Waals surface area contributed by atoms with Gasteiger partial charge < -0.3 is 23.7 Å². The van der Waals surface area contributed by atoms with Crippen LogP contribution in [0.2, 0.25) is 0 Å². The normalized spacial score (nSPS) is 40.5. The molecule has 10 atom stereocenters. The molecule has 4 aliphatic carbocycles. The molecule has 0 spiro atoms. The van der Waals surface area contributed by atoms with Gasteiger partial charge in [0.1, 0.15) is 11.7 Å². The Kier molecular flexibility index (Phi) is 8.80. The van der Waals surface area contributed by atoms with Crippen molar-refractivity contribution in [2.75, 3.05) is 26.2 Å². The molecule has 2 aliphatic heterocycles. The van der Waals surface area contributed by atoms with Crippen molar-refractivity contribution >= 4 is 42.2 Å². The fraction of sp³-hybridized carbons (Fsp3) is 0.639. The van der Waals surface area contributed by atoms with Gasteiger partial charge in [0, 0.05) is 35.6 Å². The molecule has 1 aromatic carbocycles. The fourth-order valence-corrected chi connectivity index (χ4v) is 10.9. The number of halogens is 2. The largest absolute Gasteiger partial charge is 0.420 e. The van der Waals surface area contributed by atoms with Gasteiger partial charge in [-0.05, 0) is 61.8 Å². The quantitative estimate of drug-likeness (QED) is 0.167. The SMILES string of the molecule is C=C(Cl)CN1C[C@H](OC[C@@]23C[C@@H]4[C@H](C)CC[C@H]4[C@@]4(C=O)C[C@@H]2C=C(C(C)C)[C@@]34C(=O)OC2OC(=O)c3ccccc32)O[C@H](C)C1.Cl. The average molecular weight is 675 g/mol. The highest BCUT2D eigenvalue weighted by atomic mass is 35.5. The number of aldehydes is 1. The van der Waals surface area contributed by atoms with Gasteiger partial charge in [0.05, 0.1) is 23.7 Å². The molecule has 10 heteroatoms. The molecule has 0 amide bonds. The molecule has 0 radical (unpaired) electrons. The number of hydrogen-bond donors (Lipinski definition) is 0. The minimum atomic E-state index is -1.25. The van der Waals surface area contributed by atoms with E-state index in [2.05, 4.69) is 38.3 Å². The topological polar surface area (TPSA) is 91.4 Å². The van der Waals surface area contributed by atoms with E-state index in [0.717, 1.165) is 31.1 Å². The molecule has 6 aliphatic rings. The molecule has 1 aromatic rings. The number of rotatable bonds is 9. The van der Waals surface area contributed by atoms with Gasteiger partial charge in [-0.25, -0.2) is 4.79 Å². The maximum atomic E-state index is 15.2. The first-order valence-electron chi connectivity index (χ1n) is 16.5. The molecule has 8 nitrogen and oxygen atoms in total. The minimum Gasteiger partial charge on any atom is -0.420 e. The second-order valence-electron chi connectivity index (χ2n) is 14.8. The Balaban J connectivity index is 0.00000372. The maximum absolute atomic E-state index is 15.2. The Labute approximate surface area is 282 Å². The molecule has 0 N–H and O–H groups in total. The summed E-state index contributed by atoms with van der Waals surface area (Å²) < 4.78 is 25.0. The lowest BCUT2D eigenvalue weighted by Gasteiger charge is -2.59. The predicted molar refractivity (Wildman–Crippen MR) is 174 cm³/mol. The first kappa shape index (κ1) is 33.7. The highest BCUT2D eigenvalue weighted by molar-refractivity contribution is 6.29. The molecule has 3 saturated carbocycles. The Morgan fingerprint density at radius 1 is 1.20 bits per heavy atom. The number of carbonyl (C=O) groups is 3. The van der Waals surface area contributed by atoms with Crippen LogP contribution in [0.5, 0.6) is 0 Å². The zero-order valence-corrected chi connectivity index (χ0v) is 28.6. The lowest BCUT2D eigenvalue weighted by Crippen LogP contribution is -2.64. The van der Waals surface area contributed by atoms with E-state index in [4.69, 9.17) is 30.5 Å². The van der Waals surface area contributed by atoms with Gasteiger partial charge >= 0.3 is 11.9 Å². The summed E-state index contributed by atoms with van der Waals surface area (Å²) in [4.78, 5) is 43.9. The number of allylic oxidation sites excluding steroid dienone is 1. The van der Waals surface area contributed by atoms with Crippen LogP contribution in [0.1, 0.15) is 75.6 Å². The molecule has 0 aromatic heterocycles. The predicted octanol–water partition coefficient (Wildman–Crippen LogP) is 6.48. The molecular formula is C36H45Cl2NO7. The van der Waals surface area contributed by atoms with Crippen LogP contribution in [0.4, 0.5) is 0 Å². The Morgan fingerprint density at radius 3 is 2.67 bits per heavy atom. The summed E-state index contributed by atoms with van der Waals surface area (Å²) in [7, 11) is 0. The van der Waals surface area contributed by atoms with Crippen molar-refractivity contribution in [2.24, 2.45) is 45.8 Å². The number of nitrogens with zero attached hydrogens (tertiary/aromatic N) is 1. The summed E-state index contributed by atoms with van der Waals surface area (Å²) >= 11 is 6.17. The number of cyclic esters (lactones) is 1. The standard InChI is InChI=1S/C36H44ClNO7.ClH/c1-20(2)29-12-24-13-34(18-39)28-11-10-21(3)27(28)14-35(24,19-42-30-17-38(15-22(4)37)16-23(5)43-30)36(29,34)33(41)45-32-26-9-7-6-8-25(26)31(40)44-32;/h6-9,12,18,20-21,23-24,27-28,30,32H,4,10-11,13-17,19H2,1-3,5H3;1H/t21-,23-,24+,27-,28-,30-,32?,34+,35+,36+;/m1./s1. The number of benzene rings is 1. The third-order valence-corrected chi connectivity index (χ3v) is 12.3. The Morgan fingerprint density at radius 2 is 1.96 bits per heavy atom. The van der Waals surface area contributed by atoms with Crippen molar-refractivity contribution in [1.29, 1.82) is 0 Å². The summed E-state index contributed by atoms with van der Waals surface area (Å²) in [6, 6.07) is 7.00. The summed E-state index contributed by atoms with van der Waals surface area (Å²) in [5.74, 6) is -0.263. The monoisotopic (exact) mass is 673 g/mol. The highest BCUT2D eigenvalue weighted by Crippen LogP contribution is 2.83. The molecule has 4 bridgehead atoms. The van der Waals surface area contributed by atoms with E-state index < -0.39 is 40.8 Å². The minimum absolute atomic E-state index is 0. The fourth-order valence-electron chi connectivity index (χ4n) is 10.7. The van der Waals surface area contributed by atoms with Gasteiger partial charge in [0.2, 0.25) is 0 Å². The second-order valence-corrected chi connectivity index (χ2v) is 15.3. The van der Waals surface area contributed by atoms with Crippen molar-refractivity contribution in [2.45, 2.75) is 72.1 Å². The molecule has 46 heavy (non-hydrogen) atoms. The molecule has 250 valence electrons. The average Bonchev–Trinajstić information content (AvgIpc) is 3.66. The number of fused-ring (bicyclic) bond motifs is 3. The number of carbonyl (C=O) groups excluding carboxylic acids is 3. The number of esters is 2. The Hall–Kier alpha value is -2.23. The van der Waals surface area contributed by atoms with Gasteiger partial charge in [0.15, 0.2) is 6.29 Å². The molecule has 7 rings (SSSR count). The first-order valence-corrected chi connectivity index (χ1v) is 16.9. The molecule has 1 saturated heterocycles. The number of ether oxygens (including phenoxy) is 4. The van der Waals surface area contributed by atoms with E-state index in [-0.39, 0.29) is 48.8 Å². The van der Waals surface area contributed by atoms with Crippen molar-refractivity contribution < 1.29 is 33.3 Å². The van der Waals surface area contributed by atoms with E-state index in [1.807, 2.05) is 6.92 Å². The zero-order valence-electron chi connectivity index (χ0n) is 27.0. The van der Waals surface area contributed by atoms with E-state index in [0.29, 0.717) is 48.1 Å². The zero-order chi connectivity index (χ0) is 31.9. The summed E-state index contributed by atoms with van der Waals surface area (Å²) in [5.41, 5.74) is -1.02. The van der Waals surface area contributed by atoms with E-state index in [1.54, 1.807) is 24.3 Å². The smallest absolute Gasteiger partial charge is 0.342 e. The van der Waals surface area contributed by atoms with E-state index in [1.165, 1.54) is 0 Å². The van der Waals surface area contributed by atoms with Crippen LogP contribution < -0.4 is 0 Å². The summed E-state index contributed by atoms with van der Waals surface area (Å²) in [6.45, 7) is 14.4. The summed E-state index contributed by atoms with van der Waals surface area (Å²) in [6.07, 6.45) is 4.86. The lowest BCUT2D eigenvalue weighted by molar-refractivity contribution is -0.240. The van der Waals surface area contributed by atoms with Crippen molar-refractivity contribution in [3.63, 3.8) is 0 Å². The van der Waals surface area contributed by atoms with Crippen LogP contribution in [0.15, 0.2) is 47.5 Å². The molecular weight excluding hydrogens is 629 g/mol. The van der Waals surface area contributed by atoms with Gasteiger partial charge in [-0.3, -0.25) is 9.69 Å². The van der Waals surface area contributed by atoms with Crippen LogP contribution in [-0.4, -0.2) is 61.8 Å². The number of morpholine rings is 1. The van der Waals surface area contributed by atoms with Crippen LogP contribution >= 0.6 is 24.0 Å². The highest BCUT2D eigenvalue weighted by Gasteiger charge is 2.85. The third-order valence-electron chi connectivity index (χ3n) is 12.2. The van der Waals surface area contributed by atoms with Gasteiger partial charge in [-0.2, -0.15) is 0 Å². The van der Waals surface area contributed by atoms with Crippen LogP contribution in [0.25, 0.3) is 0 Å². The van der Waals surface area contributed by atoms with Crippen molar-refractivity contribution in [3.8, 4) is 0 Å². The van der Waals surface area contributed by atoms with E-state index in [9.17, 15) is 9.59 Å². The maximum Gasteiger partial charge on any atom is 0.342 e. The molecule has 1 unspecified atom stereocenters. The second kappa shape index (κ2) is 12.0. The lowest BCUT2D eigenvalue weighted by atomic mass is 9.43. The van der Waals surface area contributed by atoms with Crippen LogP contribution in [-0.2, 0) is 28.5 Å². The van der Waals surface area contributed by atoms with Crippen molar-refractivity contribution in [3.05, 3.63) is 58.7 Å². The molecule has 4 fully saturated rings. The first-order chi connectivity index (χ1) is 21.5. The van der Waals surface area contributed by atoms with Gasteiger partial charge in [-0.15, -0.1) is 12.4 Å². The van der Waals surface area contributed by atoms with Crippen molar-refractivity contribution in [1.82, 2.24) is 4.90 Å². The van der Waals surface area contributed by atoms with Crippen LogP contribution in [0.3, 0.4) is 0 Å². The number of hydrogen-bond acceptors (Lipinski definition) is 8. The third kappa shape index (κ3) is 4.61.